The van der Waals surface area contributed by atoms with Gasteiger partial charge in [0, 0.05) is 16.5 Å². The predicted molar refractivity (Wildman–Crippen MR) is 115 cm³/mol. The smallest absolute Gasteiger partial charge is 0.464 e. The second kappa shape index (κ2) is 9.30. The van der Waals surface area contributed by atoms with Gasteiger partial charge in [-0.25, -0.2) is 9.18 Å². The van der Waals surface area contributed by atoms with Crippen molar-refractivity contribution < 1.29 is 44.4 Å². The number of hydrogen-bond acceptors (Lipinski definition) is 6. The van der Waals surface area contributed by atoms with E-state index in [-0.39, 0.29) is 34.1 Å². The van der Waals surface area contributed by atoms with E-state index in [1.807, 2.05) is 0 Å². The van der Waals surface area contributed by atoms with Crippen LogP contribution in [0.2, 0.25) is 0 Å². The number of ether oxygens (including phenoxy) is 2. The molecule has 0 radical (unpaired) electrons. The van der Waals surface area contributed by atoms with Gasteiger partial charge in [-0.3, -0.25) is 0 Å². The largest absolute Gasteiger partial charge is 0.534 e. The van der Waals surface area contributed by atoms with Crippen molar-refractivity contribution in [3.63, 3.8) is 0 Å². The van der Waals surface area contributed by atoms with Gasteiger partial charge in [0.1, 0.15) is 5.82 Å². The molecule has 6 nitrogen and oxygen atoms in total. The maximum absolute atomic E-state index is 14.5. The number of esters is 1. The first kappa shape index (κ1) is 26.6. The maximum Gasteiger partial charge on any atom is 0.534 e. The third kappa shape index (κ3) is 5.83. The number of alkyl halides is 3. The van der Waals surface area contributed by atoms with Crippen molar-refractivity contribution in [3.05, 3.63) is 47.3 Å². The lowest BCUT2D eigenvalue weighted by Gasteiger charge is -2.29. The Kier molecular flexibility index (Phi) is 7.49. The summed E-state index contributed by atoms with van der Waals surface area (Å²) in [5.41, 5.74) is -6.90. The van der Waals surface area contributed by atoms with Gasteiger partial charge in [0.15, 0.2) is 11.9 Å². The quantitative estimate of drug-likeness (QED) is 0.217. The van der Waals surface area contributed by atoms with Crippen molar-refractivity contribution >= 4 is 32.9 Å². The minimum absolute atomic E-state index is 0.0344. The third-order valence-corrected chi connectivity index (χ3v) is 5.34. The summed E-state index contributed by atoms with van der Waals surface area (Å²) in [6.45, 7) is 11.1. The summed E-state index contributed by atoms with van der Waals surface area (Å²) in [6, 6.07) is 3.53. The zero-order valence-electron chi connectivity index (χ0n) is 18.7. The van der Waals surface area contributed by atoms with Crippen LogP contribution in [0.1, 0.15) is 50.5 Å². The van der Waals surface area contributed by atoms with Gasteiger partial charge in [-0.2, -0.15) is 21.6 Å². The van der Waals surface area contributed by atoms with Crippen LogP contribution in [0.4, 0.5) is 17.6 Å². The summed E-state index contributed by atoms with van der Waals surface area (Å²) in [7, 11) is -6.18. The van der Waals surface area contributed by atoms with Gasteiger partial charge in [-0.1, -0.05) is 18.7 Å². The van der Waals surface area contributed by atoms with Crippen LogP contribution >= 0.6 is 0 Å². The first-order valence-electron chi connectivity index (χ1n) is 9.76. The van der Waals surface area contributed by atoms with Crippen molar-refractivity contribution in [2.45, 2.75) is 51.8 Å². The molecule has 1 atom stereocenters. The van der Waals surface area contributed by atoms with Crippen LogP contribution in [0, 0.1) is 12.7 Å². The van der Waals surface area contributed by atoms with Gasteiger partial charge in [0.05, 0.1) is 12.2 Å². The van der Waals surface area contributed by atoms with Gasteiger partial charge in [-0.05, 0) is 57.7 Å². The second-order valence-electron chi connectivity index (χ2n) is 8.08. The number of benzene rings is 2. The van der Waals surface area contributed by atoms with E-state index in [4.69, 9.17) is 9.47 Å². The molecule has 0 aliphatic carbocycles. The molecule has 0 spiro atoms. The highest BCUT2D eigenvalue weighted by molar-refractivity contribution is 7.88. The Bertz CT molecular complexity index is 1180. The molecule has 0 fully saturated rings. The fourth-order valence-electron chi connectivity index (χ4n) is 3.08. The lowest BCUT2D eigenvalue weighted by molar-refractivity contribution is -0.167. The zero-order valence-corrected chi connectivity index (χ0v) is 19.5. The molecule has 11 heteroatoms. The van der Waals surface area contributed by atoms with Crippen LogP contribution in [0.15, 0.2) is 24.8 Å². The number of fused-ring (bicyclic) bond motifs is 1. The topological polar surface area (TPSA) is 78.9 Å². The van der Waals surface area contributed by atoms with Crippen molar-refractivity contribution in [1.29, 1.82) is 0 Å². The lowest BCUT2D eigenvalue weighted by atomic mass is 9.94. The predicted octanol–water partition coefficient (Wildman–Crippen LogP) is 5.58. The van der Waals surface area contributed by atoms with E-state index in [0.717, 1.165) is 6.07 Å². The third-order valence-electron chi connectivity index (χ3n) is 4.39. The fourth-order valence-corrected chi connectivity index (χ4v) is 3.58. The highest BCUT2D eigenvalue weighted by atomic mass is 32.2. The average Bonchev–Trinajstić information content (AvgIpc) is 2.65. The summed E-state index contributed by atoms with van der Waals surface area (Å²) < 4.78 is 93.2. The number of carbonyl (C=O) groups is 1. The SMILES string of the molecule is C=Cc1cc2cc(C)c([C@H](OC(C)(C)C)C(=O)OCC)c(OS(=O)(=O)C(F)(F)F)c2cc1F. The molecule has 0 amide bonds. The van der Waals surface area contributed by atoms with Crippen molar-refractivity contribution in [2.24, 2.45) is 0 Å². The molecule has 0 bridgehead atoms. The van der Waals surface area contributed by atoms with Crippen molar-refractivity contribution in [2.75, 3.05) is 6.61 Å². The normalized spacial score (nSPS) is 13.6. The Morgan fingerprint density at radius 1 is 1.18 bits per heavy atom. The van der Waals surface area contributed by atoms with E-state index < -0.39 is 44.9 Å². The first-order chi connectivity index (χ1) is 15.0. The van der Waals surface area contributed by atoms with Gasteiger partial charge in [0.25, 0.3) is 0 Å². The average molecular weight is 492 g/mol. The summed E-state index contributed by atoms with van der Waals surface area (Å²) in [5, 5.41) is -0.142. The minimum atomic E-state index is -6.18. The van der Waals surface area contributed by atoms with Gasteiger partial charge >= 0.3 is 21.6 Å². The Morgan fingerprint density at radius 3 is 2.27 bits per heavy atom. The van der Waals surface area contributed by atoms with Crippen LogP contribution in [0.5, 0.6) is 5.75 Å². The number of hydrogen-bond donors (Lipinski definition) is 0. The number of halogens is 4. The number of rotatable bonds is 7. The first-order valence-corrected chi connectivity index (χ1v) is 11.2. The highest BCUT2D eigenvalue weighted by Crippen LogP contribution is 2.43. The second-order valence-corrected chi connectivity index (χ2v) is 9.62. The van der Waals surface area contributed by atoms with E-state index in [9.17, 15) is 30.8 Å². The highest BCUT2D eigenvalue weighted by Gasteiger charge is 2.49. The van der Waals surface area contributed by atoms with Crippen molar-refractivity contribution in [3.8, 4) is 5.75 Å². The van der Waals surface area contributed by atoms with Gasteiger partial charge in [-0.15, -0.1) is 0 Å². The molecule has 33 heavy (non-hydrogen) atoms. The van der Waals surface area contributed by atoms with Crippen LogP contribution in [0.25, 0.3) is 16.8 Å². The Hall–Kier alpha value is -2.66. The maximum atomic E-state index is 14.5. The standard InChI is InChI=1S/C22H24F4O6S/c1-7-13-10-14-9-12(3)17(19(20(27)30-8-2)31-21(4,5)6)18(15(14)11-16(13)23)32-33(28,29)22(24,25)26/h7,9-11,19H,1,8H2,2-6H3/t19-/m0/s1. The zero-order chi connectivity index (χ0) is 25.4. The molecule has 2 aromatic carbocycles. The van der Waals surface area contributed by atoms with E-state index in [2.05, 4.69) is 10.8 Å². The molecule has 0 N–H and O–H groups in total. The molecule has 2 rings (SSSR count). The molecule has 182 valence electrons. The number of carbonyl (C=O) groups excluding carboxylic acids is 1. The Balaban J connectivity index is 2.98. The summed E-state index contributed by atoms with van der Waals surface area (Å²) >= 11 is 0. The molecule has 0 aromatic heterocycles. The molecule has 0 aliphatic heterocycles. The molecule has 0 aliphatic rings. The Labute approximate surface area is 189 Å². The summed E-state index contributed by atoms with van der Waals surface area (Å²) in [6.07, 6.45) is -0.468. The monoisotopic (exact) mass is 492 g/mol. The van der Waals surface area contributed by atoms with Crippen molar-refractivity contribution in [1.82, 2.24) is 0 Å². The van der Waals surface area contributed by atoms with E-state index in [1.165, 1.54) is 32.1 Å². The minimum Gasteiger partial charge on any atom is -0.464 e. The lowest BCUT2D eigenvalue weighted by Crippen LogP contribution is -2.31. The number of aryl methyl sites for hydroxylation is 1. The van der Waals surface area contributed by atoms with E-state index >= 15 is 0 Å². The fraction of sp³-hybridized carbons (Fsp3) is 0.409. The van der Waals surface area contributed by atoms with Crippen LogP contribution in [-0.4, -0.2) is 32.1 Å². The molecule has 0 heterocycles. The summed E-state index contributed by atoms with van der Waals surface area (Å²) in [4.78, 5) is 12.7. The summed E-state index contributed by atoms with van der Waals surface area (Å²) in [5.74, 6) is -2.74. The molecule has 2 aromatic rings. The molecule has 0 unspecified atom stereocenters. The molecule has 0 saturated heterocycles. The van der Waals surface area contributed by atoms with Gasteiger partial charge in [0.2, 0.25) is 0 Å². The molecule has 0 saturated carbocycles. The van der Waals surface area contributed by atoms with Crippen LogP contribution < -0.4 is 4.18 Å². The molecular weight excluding hydrogens is 468 g/mol. The van der Waals surface area contributed by atoms with Crippen LogP contribution in [0.3, 0.4) is 0 Å². The Morgan fingerprint density at radius 2 is 1.79 bits per heavy atom. The molecular formula is C22H24F4O6S. The van der Waals surface area contributed by atoms with E-state index in [0.29, 0.717) is 0 Å². The van der Waals surface area contributed by atoms with Gasteiger partial charge < -0.3 is 13.7 Å². The van der Waals surface area contributed by atoms with E-state index in [1.54, 1.807) is 20.8 Å². The van der Waals surface area contributed by atoms with Crippen LogP contribution in [-0.2, 0) is 24.4 Å².